The van der Waals surface area contributed by atoms with Gasteiger partial charge < -0.3 is 15.6 Å². The fourth-order valence-corrected chi connectivity index (χ4v) is 4.25. The fourth-order valence-electron chi connectivity index (χ4n) is 3.96. The van der Waals surface area contributed by atoms with Gasteiger partial charge in [-0.2, -0.15) is 0 Å². The molecule has 3 N–H and O–H groups in total. The van der Waals surface area contributed by atoms with Crippen LogP contribution in [0.1, 0.15) is 42.4 Å². The lowest BCUT2D eigenvalue weighted by atomic mass is 10.1. The summed E-state index contributed by atoms with van der Waals surface area (Å²) in [4.78, 5) is 40.0. The highest BCUT2D eigenvalue weighted by Gasteiger charge is 2.10. The number of anilines is 1. The van der Waals surface area contributed by atoms with Gasteiger partial charge in [0.25, 0.3) is 5.56 Å². The Morgan fingerprint density at radius 3 is 2.42 bits per heavy atom. The van der Waals surface area contributed by atoms with Crippen LogP contribution in [0.4, 0.5) is 5.69 Å². The molecule has 1 aromatic heterocycles. The molecular weight excluding hydrogens is 436 g/mol. The number of hydrogen-bond acceptors (Lipinski definition) is 4. The van der Waals surface area contributed by atoms with Crippen LogP contribution in [0, 0.1) is 25.5 Å². The SMILES string of the molecule is Cc1cc(C)c(NC(=O)CNC(=O)CCCCCn2c(=S)[nH]c3ccccc3c2=O)c(C)c1. The number of aromatic amines is 1. The Labute approximate surface area is 198 Å². The highest BCUT2D eigenvalue weighted by Crippen LogP contribution is 2.21. The van der Waals surface area contributed by atoms with Crippen molar-refractivity contribution in [2.75, 3.05) is 11.9 Å². The highest BCUT2D eigenvalue weighted by molar-refractivity contribution is 7.71. The summed E-state index contributed by atoms with van der Waals surface area (Å²) in [5.41, 5.74) is 4.57. The van der Waals surface area contributed by atoms with Crippen molar-refractivity contribution in [3.8, 4) is 0 Å². The predicted molar refractivity (Wildman–Crippen MR) is 134 cm³/mol. The standard InChI is InChI=1S/C25H30N4O3S/c1-16-13-17(2)23(18(3)14-16)28-22(31)15-26-21(30)11-5-4-8-12-29-24(32)19-9-6-7-10-20(19)27-25(29)33/h6-7,9-10,13-14H,4-5,8,11-12,15H2,1-3H3,(H,26,30)(H,27,33)(H,28,31). The summed E-state index contributed by atoms with van der Waals surface area (Å²) in [6.07, 6.45) is 2.50. The molecule has 33 heavy (non-hydrogen) atoms. The van der Waals surface area contributed by atoms with Gasteiger partial charge in [0.2, 0.25) is 11.8 Å². The average Bonchev–Trinajstić information content (AvgIpc) is 2.76. The smallest absolute Gasteiger partial charge is 0.262 e. The lowest BCUT2D eigenvalue weighted by Gasteiger charge is -2.13. The fraction of sp³-hybridized carbons (Fsp3) is 0.360. The average molecular weight is 467 g/mol. The Morgan fingerprint density at radius 2 is 1.70 bits per heavy atom. The number of para-hydroxylation sites is 1. The van der Waals surface area contributed by atoms with E-state index in [2.05, 4.69) is 15.6 Å². The van der Waals surface area contributed by atoms with Crippen LogP contribution in [0.25, 0.3) is 10.9 Å². The lowest BCUT2D eigenvalue weighted by molar-refractivity contribution is -0.124. The van der Waals surface area contributed by atoms with Crippen LogP contribution >= 0.6 is 12.2 Å². The summed E-state index contributed by atoms with van der Waals surface area (Å²) in [6, 6.07) is 11.3. The van der Waals surface area contributed by atoms with Crippen molar-refractivity contribution in [2.24, 2.45) is 0 Å². The third-order valence-electron chi connectivity index (χ3n) is 5.56. The van der Waals surface area contributed by atoms with Crippen molar-refractivity contribution in [1.29, 1.82) is 0 Å². The highest BCUT2D eigenvalue weighted by atomic mass is 32.1. The summed E-state index contributed by atoms with van der Waals surface area (Å²) in [5.74, 6) is -0.411. The van der Waals surface area contributed by atoms with E-state index in [1.54, 1.807) is 10.6 Å². The molecule has 0 saturated carbocycles. The molecule has 7 nitrogen and oxygen atoms in total. The minimum absolute atomic E-state index is 0.0623. The monoisotopic (exact) mass is 466 g/mol. The van der Waals surface area contributed by atoms with Crippen LogP contribution in [0.15, 0.2) is 41.2 Å². The summed E-state index contributed by atoms with van der Waals surface area (Å²) < 4.78 is 1.97. The molecule has 0 bridgehead atoms. The van der Waals surface area contributed by atoms with E-state index >= 15 is 0 Å². The third-order valence-corrected chi connectivity index (χ3v) is 5.88. The van der Waals surface area contributed by atoms with Gasteiger partial charge in [-0.3, -0.25) is 19.0 Å². The predicted octanol–water partition coefficient (Wildman–Crippen LogP) is 4.30. The second kappa shape index (κ2) is 11.0. The van der Waals surface area contributed by atoms with Crippen molar-refractivity contribution >= 4 is 40.6 Å². The van der Waals surface area contributed by atoms with Crippen LogP contribution in [0.5, 0.6) is 0 Å². The molecule has 0 aliphatic heterocycles. The molecule has 0 aliphatic rings. The van der Waals surface area contributed by atoms with Crippen LogP contribution < -0.4 is 16.2 Å². The number of fused-ring (bicyclic) bond motifs is 1. The van der Waals surface area contributed by atoms with Gasteiger partial charge in [-0.1, -0.05) is 36.2 Å². The van der Waals surface area contributed by atoms with E-state index in [-0.39, 0.29) is 23.9 Å². The Morgan fingerprint density at radius 1 is 1.00 bits per heavy atom. The summed E-state index contributed by atoms with van der Waals surface area (Å²) in [5, 5.41) is 6.16. The number of nitrogens with one attached hydrogen (secondary N) is 3. The lowest BCUT2D eigenvalue weighted by Crippen LogP contribution is -2.33. The van der Waals surface area contributed by atoms with Crippen LogP contribution in [-0.4, -0.2) is 27.9 Å². The molecule has 0 unspecified atom stereocenters. The molecule has 0 radical (unpaired) electrons. The van der Waals surface area contributed by atoms with Gasteiger partial charge >= 0.3 is 0 Å². The van der Waals surface area contributed by atoms with E-state index in [0.717, 1.165) is 40.7 Å². The first-order chi connectivity index (χ1) is 15.8. The molecule has 0 saturated heterocycles. The van der Waals surface area contributed by atoms with Crippen LogP contribution in [0.3, 0.4) is 0 Å². The van der Waals surface area contributed by atoms with Crippen molar-refractivity contribution < 1.29 is 9.59 Å². The maximum Gasteiger partial charge on any atom is 0.262 e. The minimum Gasteiger partial charge on any atom is -0.347 e. The van der Waals surface area contributed by atoms with Crippen molar-refractivity contribution in [3.63, 3.8) is 0 Å². The molecule has 0 fully saturated rings. The number of amides is 2. The second-order valence-corrected chi connectivity index (χ2v) is 8.73. The first-order valence-electron chi connectivity index (χ1n) is 11.1. The first kappa shape index (κ1) is 24.4. The Balaban J connectivity index is 1.40. The van der Waals surface area contributed by atoms with Gasteiger partial charge in [0.05, 0.1) is 17.4 Å². The molecule has 174 valence electrons. The van der Waals surface area contributed by atoms with E-state index in [1.165, 1.54) is 0 Å². The topological polar surface area (TPSA) is 96.0 Å². The molecule has 8 heteroatoms. The van der Waals surface area contributed by atoms with Gasteiger partial charge in [0.1, 0.15) is 0 Å². The molecule has 1 heterocycles. The number of hydrogen-bond donors (Lipinski definition) is 3. The number of aryl methyl sites for hydroxylation is 3. The van der Waals surface area contributed by atoms with E-state index in [0.29, 0.717) is 29.5 Å². The zero-order valence-electron chi connectivity index (χ0n) is 19.3. The molecule has 0 atom stereocenters. The molecular formula is C25H30N4O3S. The van der Waals surface area contributed by atoms with E-state index in [1.807, 2.05) is 51.1 Å². The normalized spacial score (nSPS) is 10.9. The summed E-state index contributed by atoms with van der Waals surface area (Å²) >= 11 is 5.32. The van der Waals surface area contributed by atoms with Gasteiger partial charge in [-0.05, 0) is 69.1 Å². The number of carbonyl (C=O) groups excluding carboxylic acids is 2. The van der Waals surface area contributed by atoms with Crippen LogP contribution in [0.2, 0.25) is 0 Å². The Hall–Kier alpha value is -3.26. The minimum atomic E-state index is -0.247. The maximum atomic E-state index is 12.6. The molecule has 2 amide bonds. The third kappa shape index (κ3) is 6.38. The molecule has 3 rings (SSSR count). The maximum absolute atomic E-state index is 12.6. The molecule has 0 aliphatic carbocycles. The van der Waals surface area contributed by atoms with Gasteiger partial charge in [-0.15, -0.1) is 0 Å². The van der Waals surface area contributed by atoms with Gasteiger partial charge in [0, 0.05) is 18.7 Å². The van der Waals surface area contributed by atoms with Crippen LogP contribution in [-0.2, 0) is 16.1 Å². The molecule has 3 aromatic rings. The van der Waals surface area contributed by atoms with Gasteiger partial charge in [-0.25, -0.2) is 0 Å². The van der Waals surface area contributed by atoms with Gasteiger partial charge in [0.15, 0.2) is 4.77 Å². The number of benzene rings is 2. The summed E-state index contributed by atoms with van der Waals surface area (Å²) in [6.45, 7) is 6.35. The van der Waals surface area contributed by atoms with Crippen molar-refractivity contribution in [2.45, 2.75) is 53.0 Å². The van der Waals surface area contributed by atoms with Crippen molar-refractivity contribution in [1.82, 2.24) is 14.9 Å². The number of unbranched alkanes of at least 4 members (excludes halogenated alkanes) is 2. The van der Waals surface area contributed by atoms with E-state index in [9.17, 15) is 14.4 Å². The van der Waals surface area contributed by atoms with Crippen molar-refractivity contribution in [3.05, 3.63) is 68.2 Å². The first-order valence-corrected chi connectivity index (χ1v) is 11.5. The zero-order chi connectivity index (χ0) is 24.0. The number of H-pyrrole nitrogens is 1. The molecule has 0 spiro atoms. The number of nitrogens with zero attached hydrogens (tertiary/aromatic N) is 1. The molecule has 2 aromatic carbocycles. The number of rotatable bonds is 9. The second-order valence-electron chi connectivity index (χ2n) is 8.34. The quantitative estimate of drug-likeness (QED) is 0.324. The van der Waals surface area contributed by atoms with E-state index < -0.39 is 0 Å². The zero-order valence-corrected chi connectivity index (χ0v) is 20.1. The Kier molecular flexibility index (Phi) is 8.16. The Bertz CT molecular complexity index is 1270. The van der Waals surface area contributed by atoms with E-state index in [4.69, 9.17) is 12.2 Å². The summed E-state index contributed by atoms with van der Waals surface area (Å²) in [7, 11) is 0. The number of aromatic nitrogens is 2. The largest absolute Gasteiger partial charge is 0.347 e. The number of carbonyl (C=O) groups is 2.